The minimum Gasteiger partial charge on any atom is -0.460 e. The summed E-state index contributed by atoms with van der Waals surface area (Å²) in [6, 6.07) is 3.92. The van der Waals surface area contributed by atoms with Gasteiger partial charge >= 0.3 is 5.97 Å². The number of nitro groups is 1. The first-order valence-corrected chi connectivity index (χ1v) is 7.03. The van der Waals surface area contributed by atoms with E-state index < -0.39 is 10.9 Å². The number of carbonyl (C=O) groups excluding carboxylic acids is 1. The Morgan fingerprint density at radius 1 is 1.29 bits per heavy atom. The van der Waals surface area contributed by atoms with Gasteiger partial charge in [-0.15, -0.1) is 0 Å². The molecule has 0 aromatic heterocycles. The molecule has 0 fully saturated rings. The highest BCUT2D eigenvalue weighted by Crippen LogP contribution is 2.23. The van der Waals surface area contributed by atoms with Crippen LogP contribution in [-0.2, 0) is 14.2 Å². The number of nitro benzene ring substituents is 1. The monoisotopic (exact) mass is 361 g/mol. The predicted octanol–water partition coefficient (Wildman–Crippen LogP) is 2.57. The summed E-state index contributed by atoms with van der Waals surface area (Å²) in [6.07, 6.45) is 0.765. The van der Waals surface area contributed by atoms with Gasteiger partial charge in [-0.25, -0.2) is 4.79 Å². The molecule has 1 rings (SSSR count). The summed E-state index contributed by atoms with van der Waals surface area (Å²) in [6.45, 7) is 1.48. The Morgan fingerprint density at radius 2 is 2.05 bits per heavy atom. The van der Waals surface area contributed by atoms with E-state index in [0.717, 1.165) is 6.42 Å². The van der Waals surface area contributed by atoms with E-state index in [1.54, 1.807) is 7.11 Å². The summed E-state index contributed by atoms with van der Waals surface area (Å²) < 4.78 is 15.5. The second kappa shape index (κ2) is 9.43. The molecule has 7 nitrogen and oxygen atoms in total. The highest BCUT2D eigenvalue weighted by atomic mass is 79.9. The minimum absolute atomic E-state index is 0.0843. The van der Waals surface area contributed by atoms with Crippen molar-refractivity contribution >= 4 is 27.6 Å². The number of non-ortho nitro benzene ring substituents is 1. The Labute approximate surface area is 130 Å². The first-order valence-electron chi connectivity index (χ1n) is 6.24. The fraction of sp³-hybridized carbons (Fsp3) is 0.462. The van der Waals surface area contributed by atoms with Crippen LogP contribution >= 0.6 is 15.9 Å². The van der Waals surface area contributed by atoms with E-state index in [0.29, 0.717) is 17.7 Å². The highest BCUT2D eigenvalue weighted by Gasteiger charge is 2.16. The van der Waals surface area contributed by atoms with Crippen molar-refractivity contribution in [2.24, 2.45) is 0 Å². The Kier molecular flexibility index (Phi) is 7.88. The molecule has 1 aromatic rings. The summed E-state index contributed by atoms with van der Waals surface area (Å²) in [5.41, 5.74) is -0.0513. The molecule has 0 N–H and O–H groups in total. The maximum atomic E-state index is 11.8. The maximum Gasteiger partial charge on any atom is 0.339 e. The van der Waals surface area contributed by atoms with Gasteiger partial charge in [0.05, 0.1) is 17.1 Å². The van der Waals surface area contributed by atoms with E-state index in [1.165, 1.54) is 18.2 Å². The topological polar surface area (TPSA) is 87.9 Å². The molecule has 0 aliphatic heterocycles. The summed E-state index contributed by atoms with van der Waals surface area (Å²) >= 11 is 3.16. The van der Waals surface area contributed by atoms with Crippen molar-refractivity contribution in [3.63, 3.8) is 0 Å². The zero-order valence-corrected chi connectivity index (χ0v) is 13.1. The molecule has 116 valence electrons. The molecule has 1 aromatic carbocycles. The van der Waals surface area contributed by atoms with E-state index in [4.69, 9.17) is 14.2 Å². The number of methoxy groups -OCH3 is 1. The summed E-state index contributed by atoms with van der Waals surface area (Å²) in [5, 5.41) is 10.7. The Morgan fingerprint density at radius 3 is 2.71 bits per heavy atom. The van der Waals surface area contributed by atoms with E-state index >= 15 is 0 Å². The smallest absolute Gasteiger partial charge is 0.339 e. The number of halogens is 1. The number of nitrogens with zero attached hydrogens (tertiary/aromatic N) is 1. The minimum atomic E-state index is -0.633. The summed E-state index contributed by atoms with van der Waals surface area (Å²) in [7, 11) is 1.61. The van der Waals surface area contributed by atoms with Gasteiger partial charge < -0.3 is 14.2 Å². The van der Waals surface area contributed by atoms with Crippen LogP contribution < -0.4 is 0 Å². The molecule has 21 heavy (non-hydrogen) atoms. The molecule has 8 heteroatoms. The van der Waals surface area contributed by atoms with Gasteiger partial charge in [-0.3, -0.25) is 10.1 Å². The van der Waals surface area contributed by atoms with E-state index in [2.05, 4.69) is 15.9 Å². The van der Waals surface area contributed by atoms with Gasteiger partial charge in [0, 0.05) is 36.9 Å². The third-order valence-corrected chi connectivity index (χ3v) is 3.17. The molecule has 0 bridgehead atoms. The van der Waals surface area contributed by atoms with Crippen LogP contribution in [0.15, 0.2) is 22.7 Å². The quantitative estimate of drug-likeness (QED) is 0.290. The van der Waals surface area contributed by atoms with Gasteiger partial charge in [-0.1, -0.05) is 0 Å². The van der Waals surface area contributed by atoms with Gasteiger partial charge in [-0.05, 0) is 28.4 Å². The largest absolute Gasteiger partial charge is 0.460 e. The number of rotatable bonds is 9. The molecular weight excluding hydrogens is 346 g/mol. The standard InChI is InChI=1S/C13H16BrNO6/c1-19-5-2-6-20-7-8-21-13(16)11-9-10(15(17)18)3-4-12(11)14/h3-4,9H,2,5-8H2,1H3. The SMILES string of the molecule is COCCCOCCOC(=O)c1cc([N+](=O)[O-])ccc1Br. The first kappa shape index (κ1) is 17.5. The summed E-state index contributed by atoms with van der Waals surface area (Å²) in [4.78, 5) is 21.9. The average molecular weight is 362 g/mol. The fourth-order valence-electron chi connectivity index (χ4n) is 1.46. The van der Waals surface area contributed by atoms with E-state index in [9.17, 15) is 14.9 Å². The van der Waals surface area contributed by atoms with Crippen LogP contribution in [0.4, 0.5) is 5.69 Å². The molecule has 0 atom stereocenters. The van der Waals surface area contributed by atoms with Crippen LogP contribution in [0.1, 0.15) is 16.8 Å². The lowest BCUT2D eigenvalue weighted by atomic mass is 10.2. The molecular formula is C13H16BrNO6. The zero-order chi connectivity index (χ0) is 15.7. The number of esters is 1. The van der Waals surface area contributed by atoms with Crippen LogP contribution in [0.25, 0.3) is 0 Å². The molecule has 0 saturated heterocycles. The van der Waals surface area contributed by atoms with E-state index in [-0.39, 0.29) is 24.5 Å². The Bertz CT molecular complexity index is 494. The number of benzene rings is 1. The van der Waals surface area contributed by atoms with Crippen LogP contribution in [0.5, 0.6) is 0 Å². The lowest BCUT2D eigenvalue weighted by molar-refractivity contribution is -0.384. The first-order chi connectivity index (χ1) is 10.1. The van der Waals surface area contributed by atoms with Gasteiger partial charge in [0.2, 0.25) is 0 Å². The zero-order valence-electron chi connectivity index (χ0n) is 11.5. The lowest BCUT2D eigenvalue weighted by Crippen LogP contribution is -2.12. The third kappa shape index (κ3) is 6.19. The van der Waals surface area contributed by atoms with Crippen molar-refractivity contribution < 1.29 is 23.9 Å². The second-order valence-corrected chi connectivity index (χ2v) is 4.87. The molecule has 0 radical (unpaired) electrons. The number of carbonyl (C=O) groups is 1. The number of hydrogen-bond acceptors (Lipinski definition) is 6. The van der Waals surface area contributed by atoms with Crippen molar-refractivity contribution in [1.82, 2.24) is 0 Å². The lowest BCUT2D eigenvalue weighted by Gasteiger charge is -2.07. The normalized spacial score (nSPS) is 10.4. The molecule has 0 saturated carbocycles. The highest BCUT2D eigenvalue weighted by molar-refractivity contribution is 9.10. The number of ether oxygens (including phenoxy) is 3. The third-order valence-electron chi connectivity index (χ3n) is 2.48. The van der Waals surface area contributed by atoms with Gasteiger partial charge in [0.1, 0.15) is 6.61 Å². The average Bonchev–Trinajstić information content (AvgIpc) is 2.46. The molecule has 0 heterocycles. The van der Waals surface area contributed by atoms with E-state index in [1.807, 2.05) is 0 Å². The predicted molar refractivity (Wildman–Crippen MR) is 78.4 cm³/mol. The van der Waals surface area contributed by atoms with Crippen LogP contribution in [0, 0.1) is 10.1 Å². The molecule has 0 aliphatic carbocycles. The number of hydrogen-bond donors (Lipinski definition) is 0. The molecule has 0 amide bonds. The molecule has 0 aliphatic rings. The van der Waals surface area contributed by atoms with Gasteiger partial charge in [-0.2, -0.15) is 0 Å². The summed E-state index contributed by atoms with van der Waals surface area (Å²) in [5.74, 6) is -0.633. The van der Waals surface area contributed by atoms with Crippen molar-refractivity contribution in [1.29, 1.82) is 0 Å². The van der Waals surface area contributed by atoms with Crippen molar-refractivity contribution in [2.75, 3.05) is 33.5 Å². The molecule has 0 spiro atoms. The Hall–Kier alpha value is -1.51. The maximum absolute atomic E-state index is 11.8. The van der Waals surface area contributed by atoms with Crippen molar-refractivity contribution in [2.45, 2.75) is 6.42 Å². The van der Waals surface area contributed by atoms with Crippen molar-refractivity contribution in [3.05, 3.63) is 38.3 Å². The van der Waals surface area contributed by atoms with Gasteiger partial charge in [0.15, 0.2) is 0 Å². The van der Waals surface area contributed by atoms with Crippen LogP contribution in [-0.4, -0.2) is 44.4 Å². The molecule has 0 unspecified atom stereocenters. The van der Waals surface area contributed by atoms with Gasteiger partial charge in [0.25, 0.3) is 5.69 Å². The van der Waals surface area contributed by atoms with Crippen LogP contribution in [0.3, 0.4) is 0 Å². The second-order valence-electron chi connectivity index (χ2n) is 4.02. The van der Waals surface area contributed by atoms with Crippen molar-refractivity contribution in [3.8, 4) is 0 Å². The van der Waals surface area contributed by atoms with Crippen LogP contribution in [0.2, 0.25) is 0 Å². The Balaban J connectivity index is 2.41. The fourth-order valence-corrected chi connectivity index (χ4v) is 1.87.